The van der Waals surface area contributed by atoms with Gasteiger partial charge in [0.1, 0.15) is 0 Å². The standard InChI is InChI=1S/C11H7BrF3NO/c1-6(17)9-5-8(12)10-4-7(11(13,14)15)2-3-16(9)10/h2-5H,1H3. The highest BCUT2D eigenvalue weighted by Crippen LogP contribution is 2.32. The molecule has 17 heavy (non-hydrogen) atoms. The lowest BCUT2D eigenvalue weighted by Crippen LogP contribution is -2.06. The van der Waals surface area contributed by atoms with E-state index in [1.54, 1.807) is 0 Å². The number of hydrogen-bond acceptors (Lipinski definition) is 1. The highest BCUT2D eigenvalue weighted by atomic mass is 79.9. The van der Waals surface area contributed by atoms with E-state index in [-0.39, 0.29) is 5.78 Å². The summed E-state index contributed by atoms with van der Waals surface area (Å²) in [6.45, 7) is 1.37. The van der Waals surface area contributed by atoms with Crippen LogP contribution >= 0.6 is 15.9 Å². The molecule has 0 aromatic carbocycles. The fraction of sp³-hybridized carbons (Fsp3) is 0.182. The molecule has 0 aliphatic heterocycles. The number of ketones is 1. The zero-order valence-corrected chi connectivity index (χ0v) is 10.3. The van der Waals surface area contributed by atoms with Crippen molar-refractivity contribution >= 4 is 27.2 Å². The first-order valence-electron chi connectivity index (χ1n) is 4.69. The van der Waals surface area contributed by atoms with E-state index in [9.17, 15) is 18.0 Å². The molecule has 2 nitrogen and oxygen atoms in total. The average molecular weight is 306 g/mol. The highest BCUT2D eigenvalue weighted by Gasteiger charge is 2.31. The predicted octanol–water partition coefficient (Wildman–Crippen LogP) is 3.92. The van der Waals surface area contributed by atoms with E-state index in [0.717, 1.165) is 12.1 Å². The normalized spacial score (nSPS) is 12.1. The largest absolute Gasteiger partial charge is 0.416 e. The topological polar surface area (TPSA) is 21.5 Å². The van der Waals surface area contributed by atoms with Gasteiger partial charge in [-0.2, -0.15) is 13.2 Å². The first kappa shape index (κ1) is 12.2. The van der Waals surface area contributed by atoms with E-state index in [4.69, 9.17) is 0 Å². The molecular formula is C11H7BrF3NO. The molecule has 0 fully saturated rings. The highest BCUT2D eigenvalue weighted by molar-refractivity contribution is 9.10. The van der Waals surface area contributed by atoms with Crippen molar-refractivity contribution in [3.63, 3.8) is 0 Å². The molecule has 0 saturated carbocycles. The quantitative estimate of drug-likeness (QED) is 0.732. The molecule has 0 radical (unpaired) electrons. The van der Waals surface area contributed by atoms with Gasteiger partial charge in [0.15, 0.2) is 5.78 Å². The van der Waals surface area contributed by atoms with Crippen molar-refractivity contribution in [2.24, 2.45) is 0 Å². The van der Waals surface area contributed by atoms with Crippen LogP contribution in [0.25, 0.3) is 5.52 Å². The Morgan fingerprint density at radius 2 is 2.00 bits per heavy atom. The number of rotatable bonds is 1. The zero-order chi connectivity index (χ0) is 12.8. The molecule has 2 aromatic heterocycles. The Morgan fingerprint density at radius 1 is 1.35 bits per heavy atom. The number of fused-ring (bicyclic) bond motifs is 1. The third-order valence-electron chi connectivity index (χ3n) is 2.41. The van der Waals surface area contributed by atoms with Crippen LogP contribution in [0.2, 0.25) is 0 Å². The van der Waals surface area contributed by atoms with Crippen LogP contribution in [0.5, 0.6) is 0 Å². The fourth-order valence-corrected chi connectivity index (χ4v) is 2.13. The summed E-state index contributed by atoms with van der Waals surface area (Å²) in [5.41, 5.74) is -0.0653. The lowest BCUT2D eigenvalue weighted by Gasteiger charge is -2.07. The molecule has 90 valence electrons. The van der Waals surface area contributed by atoms with Crippen molar-refractivity contribution in [1.29, 1.82) is 0 Å². The maximum Gasteiger partial charge on any atom is 0.416 e. The van der Waals surface area contributed by atoms with Crippen LogP contribution in [0.1, 0.15) is 23.0 Å². The summed E-state index contributed by atoms with van der Waals surface area (Å²) in [4.78, 5) is 11.3. The van der Waals surface area contributed by atoms with Gasteiger partial charge in [0.05, 0.1) is 16.8 Å². The van der Waals surface area contributed by atoms with Gasteiger partial charge in [-0.1, -0.05) is 0 Å². The SMILES string of the molecule is CC(=O)c1cc(Br)c2cc(C(F)(F)F)ccn12. The molecular weight excluding hydrogens is 299 g/mol. The Bertz CT molecular complexity index is 601. The average Bonchev–Trinajstić information content (AvgIpc) is 2.55. The van der Waals surface area contributed by atoms with Gasteiger partial charge in [0.25, 0.3) is 0 Å². The Hall–Kier alpha value is -1.30. The number of Topliss-reactive ketones (excluding diaryl/α,β-unsaturated/α-hetero) is 1. The number of alkyl halides is 3. The summed E-state index contributed by atoms with van der Waals surface area (Å²) >= 11 is 3.15. The maximum absolute atomic E-state index is 12.5. The molecule has 0 atom stereocenters. The summed E-state index contributed by atoms with van der Waals surface area (Å²) < 4.78 is 39.5. The molecule has 0 unspecified atom stereocenters. The molecule has 0 bridgehead atoms. The molecule has 2 heterocycles. The molecule has 6 heteroatoms. The van der Waals surface area contributed by atoms with E-state index in [0.29, 0.717) is 15.7 Å². The van der Waals surface area contributed by atoms with Gasteiger partial charge in [-0.3, -0.25) is 4.79 Å². The van der Waals surface area contributed by atoms with Gasteiger partial charge in [-0.25, -0.2) is 0 Å². The number of carbonyl (C=O) groups excluding carboxylic acids is 1. The first-order chi connectivity index (χ1) is 7.80. The van der Waals surface area contributed by atoms with Crippen LogP contribution < -0.4 is 0 Å². The second-order valence-electron chi connectivity index (χ2n) is 3.60. The summed E-state index contributed by atoms with van der Waals surface area (Å²) in [5, 5.41) is 0. The van der Waals surface area contributed by atoms with Crippen LogP contribution in [0, 0.1) is 0 Å². The van der Waals surface area contributed by atoms with Crippen LogP contribution in [0.15, 0.2) is 28.9 Å². The van der Waals surface area contributed by atoms with Crippen LogP contribution in [-0.2, 0) is 6.18 Å². The predicted molar refractivity (Wildman–Crippen MR) is 60.1 cm³/mol. The third kappa shape index (κ3) is 2.09. The maximum atomic E-state index is 12.5. The lowest BCUT2D eigenvalue weighted by molar-refractivity contribution is -0.137. The molecule has 0 N–H and O–H groups in total. The number of halogens is 4. The van der Waals surface area contributed by atoms with E-state index in [2.05, 4.69) is 15.9 Å². The van der Waals surface area contributed by atoms with E-state index in [1.165, 1.54) is 23.6 Å². The number of carbonyl (C=O) groups is 1. The molecule has 0 aliphatic rings. The summed E-state index contributed by atoms with van der Waals surface area (Å²) in [6.07, 6.45) is -3.14. The number of aromatic nitrogens is 1. The van der Waals surface area contributed by atoms with Crippen molar-refractivity contribution in [2.45, 2.75) is 13.1 Å². The lowest BCUT2D eigenvalue weighted by atomic mass is 10.2. The van der Waals surface area contributed by atoms with Crippen LogP contribution in [0.3, 0.4) is 0 Å². The molecule has 0 amide bonds. The molecule has 0 aliphatic carbocycles. The van der Waals surface area contributed by atoms with Crippen molar-refractivity contribution < 1.29 is 18.0 Å². The van der Waals surface area contributed by atoms with Crippen LogP contribution in [-0.4, -0.2) is 10.2 Å². The number of nitrogens with zero attached hydrogens (tertiary/aromatic N) is 1. The van der Waals surface area contributed by atoms with Crippen molar-refractivity contribution in [2.75, 3.05) is 0 Å². The number of pyridine rings is 1. The minimum atomic E-state index is -4.39. The Morgan fingerprint density at radius 3 is 2.53 bits per heavy atom. The molecule has 2 rings (SSSR count). The second kappa shape index (κ2) is 3.87. The van der Waals surface area contributed by atoms with Gasteiger partial charge < -0.3 is 4.40 Å². The summed E-state index contributed by atoms with van der Waals surface area (Å²) in [5.74, 6) is -0.203. The minimum Gasteiger partial charge on any atom is -0.313 e. The second-order valence-corrected chi connectivity index (χ2v) is 4.46. The first-order valence-corrected chi connectivity index (χ1v) is 5.49. The van der Waals surface area contributed by atoms with Crippen molar-refractivity contribution in [3.05, 3.63) is 40.1 Å². The Kier molecular flexibility index (Phi) is 2.77. The van der Waals surface area contributed by atoms with Gasteiger partial charge in [0.2, 0.25) is 0 Å². The zero-order valence-electron chi connectivity index (χ0n) is 8.68. The Balaban J connectivity index is 2.72. The van der Waals surface area contributed by atoms with Gasteiger partial charge in [-0.05, 0) is 34.1 Å². The Labute approximate surface area is 103 Å². The molecule has 2 aromatic rings. The van der Waals surface area contributed by atoms with Crippen molar-refractivity contribution in [3.8, 4) is 0 Å². The molecule has 0 saturated heterocycles. The van der Waals surface area contributed by atoms with Gasteiger partial charge in [-0.15, -0.1) is 0 Å². The summed E-state index contributed by atoms with van der Waals surface area (Å²) in [6, 6.07) is 3.47. The van der Waals surface area contributed by atoms with Crippen molar-refractivity contribution in [1.82, 2.24) is 4.40 Å². The fourth-order valence-electron chi connectivity index (χ4n) is 1.61. The summed E-state index contributed by atoms with van der Waals surface area (Å²) in [7, 11) is 0. The monoisotopic (exact) mass is 305 g/mol. The number of hydrogen-bond donors (Lipinski definition) is 0. The minimum absolute atomic E-state index is 0.203. The smallest absolute Gasteiger partial charge is 0.313 e. The van der Waals surface area contributed by atoms with E-state index < -0.39 is 11.7 Å². The van der Waals surface area contributed by atoms with Crippen LogP contribution in [0.4, 0.5) is 13.2 Å². The van der Waals surface area contributed by atoms with E-state index >= 15 is 0 Å². The molecule has 0 spiro atoms. The van der Waals surface area contributed by atoms with E-state index in [1.807, 2.05) is 0 Å². The third-order valence-corrected chi connectivity index (χ3v) is 3.05. The van der Waals surface area contributed by atoms with Gasteiger partial charge >= 0.3 is 6.18 Å². The van der Waals surface area contributed by atoms with Gasteiger partial charge in [0, 0.05) is 17.6 Å².